The van der Waals surface area contributed by atoms with Gasteiger partial charge in [-0.1, -0.05) is 6.42 Å². The van der Waals surface area contributed by atoms with E-state index in [1.807, 2.05) is 0 Å². The van der Waals surface area contributed by atoms with Crippen LogP contribution in [0.15, 0.2) is 17.3 Å². The molecule has 0 bridgehead atoms. The van der Waals surface area contributed by atoms with E-state index in [4.69, 9.17) is 35.0 Å². The van der Waals surface area contributed by atoms with Crippen LogP contribution in [-0.4, -0.2) is 91.9 Å². The predicted molar refractivity (Wildman–Crippen MR) is 114 cm³/mol. The summed E-state index contributed by atoms with van der Waals surface area (Å²) in [6, 6.07) is -0.962. The fourth-order valence-electron chi connectivity index (χ4n) is 3.03. The van der Waals surface area contributed by atoms with Gasteiger partial charge in [0.15, 0.2) is 12.2 Å². The van der Waals surface area contributed by atoms with Gasteiger partial charge < -0.3 is 41.1 Å². The molecule has 34 heavy (non-hydrogen) atoms. The summed E-state index contributed by atoms with van der Waals surface area (Å²) >= 11 is 0. The summed E-state index contributed by atoms with van der Waals surface area (Å²) in [5, 5.41) is 20.0. The maximum absolute atomic E-state index is 12.5. The maximum atomic E-state index is 12.5. The van der Waals surface area contributed by atoms with Crippen LogP contribution >= 0.6 is 15.6 Å². The molecule has 0 aromatic carbocycles. The van der Waals surface area contributed by atoms with Gasteiger partial charge in [-0.3, -0.25) is 13.6 Å². The van der Waals surface area contributed by atoms with E-state index in [1.54, 1.807) is 0 Å². The lowest BCUT2D eigenvalue weighted by atomic mass is 10.0. The van der Waals surface area contributed by atoms with Crippen molar-refractivity contribution < 1.29 is 61.7 Å². The van der Waals surface area contributed by atoms with E-state index in [2.05, 4.69) is 9.52 Å². The van der Waals surface area contributed by atoms with Gasteiger partial charge in [-0.2, -0.15) is 4.79 Å². The highest BCUT2D eigenvalue weighted by Gasteiger charge is 2.51. The Labute approximate surface area is 194 Å². The maximum Gasteiger partial charge on any atom is 0.549 e. The van der Waals surface area contributed by atoms with Gasteiger partial charge in [0.25, 0.3) is 5.90 Å². The Bertz CT molecular complexity index is 920. The molecule has 2 amide bonds. The first-order valence-electron chi connectivity index (χ1n) is 10.1. The number of unbranched alkanes of at least 4 members (excludes halogenated alkanes) is 1. The van der Waals surface area contributed by atoms with Crippen molar-refractivity contribution in [3.05, 3.63) is 12.3 Å². The Balaban J connectivity index is 2.18. The van der Waals surface area contributed by atoms with Crippen LogP contribution in [0.3, 0.4) is 0 Å². The predicted octanol–water partition coefficient (Wildman–Crippen LogP) is -1.49. The number of urea groups is 1. The molecule has 4 unspecified atom stereocenters. The summed E-state index contributed by atoms with van der Waals surface area (Å²) in [5.74, 6) is -1.12. The largest absolute Gasteiger partial charge is 0.549 e. The van der Waals surface area contributed by atoms with E-state index in [0.29, 0.717) is 25.8 Å². The van der Waals surface area contributed by atoms with E-state index in [1.165, 1.54) is 6.08 Å². The highest BCUT2D eigenvalue weighted by atomic mass is 31.2. The smallest absolute Gasteiger partial charge is 0.454 e. The van der Waals surface area contributed by atoms with Gasteiger partial charge in [0, 0.05) is 23.6 Å². The van der Waals surface area contributed by atoms with Crippen molar-refractivity contribution >= 4 is 33.4 Å². The number of nitrogens with two attached hydrogens (primary N) is 2. The number of rotatable bonds is 13. The molecule has 0 aromatic rings. The minimum Gasteiger partial charge on any atom is -0.454 e. The highest BCUT2D eigenvalue weighted by Crippen LogP contribution is 2.48. The topological polar surface area (TPSA) is 257 Å². The molecule has 0 radical (unpaired) electrons. The van der Waals surface area contributed by atoms with Crippen molar-refractivity contribution in [1.29, 1.82) is 0 Å². The Kier molecular flexibility index (Phi) is 10.5. The molecule has 0 spiro atoms. The zero-order valence-electron chi connectivity index (χ0n) is 18.0. The minimum atomic E-state index is -4.99. The molecule has 1 fully saturated rings. The van der Waals surface area contributed by atoms with Gasteiger partial charge in [-0.05, 0) is 19.4 Å². The Morgan fingerprint density at radius 1 is 1.24 bits per heavy atom. The molecule has 0 aliphatic carbocycles. The van der Waals surface area contributed by atoms with Crippen molar-refractivity contribution in [3.8, 4) is 0 Å². The Morgan fingerprint density at radius 2 is 1.94 bits per heavy atom. The van der Waals surface area contributed by atoms with Crippen LogP contribution in [0, 0.1) is 5.92 Å². The second-order valence-corrected chi connectivity index (χ2v) is 10.0. The molecule has 1 saturated heterocycles. The van der Waals surface area contributed by atoms with Gasteiger partial charge >= 0.3 is 21.7 Å². The van der Waals surface area contributed by atoms with E-state index >= 15 is 0 Å². The van der Waals surface area contributed by atoms with Gasteiger partial charge in [-0.15, -0.1) is 4.58 Å². The number of nitrogens with zero attached hydrogens (tertiary/aromatic N) is 2. The van der Waals surface area contributed by atoms with Crippen molar-refractivity contribution in [2.75, 3.05) is 26.4 Å². The number of hydrogen-bond acceptors (Lipinski definition) is 11. The van der Waals surface area contributed by atoms with Crippen LogP contribution in [0.4, 0.5) is 4.79 Å². The van der Waals surface area contributed by atoms with Crippen LogP contribution in [0.25, 0.3) is 0 Å². The molecule has 18 heteroatoms. The van der Waals surface area contributed by atoms with E-state index in [0.717, 1.165) is 10.8 Å². The highest BCUT2D eigenvalue weighted by molar-refractivity contribution is 7.47. The van der Waals surface area contributed by atoms with Crippen molar-refractivity contribution in [3.63, 3.8) is 0 Å². The average Bonchev–Trinajstić information content (AvgIpc) is 3.03. The molecule has 0 saturated carbocycles. The zero-order chi connectivity index (χ0) is 25.5. The number of phosphoric ester groups is 2. The van der Waals surface area contributed by atoms with Crippen LogP contribution < -0.4 is 11.5 Å². The second-order valence-electron chi connectivity index (χ2n) is 7.40. The van der Waals surface area contributed by atoms with Gasteiger partial charge in [0.1, 0.15) is 12.3 Å². The lowest BCUT2D eigenvalue weighted by Gasteiger charge is -2.23. The van der Waals surface area contributed by atoms with Crippen LogP contribution in [0.1, 0.15) is 19.3 Å². The molecule has 194 valence electrons. The first-order chi connectivity index (χ1) is 15.9. The van der Waals surface area contributed by atoms with Crippen molar-refractivity contribution in [2.24, 2.45) is 22.4 Å². The first-order valence-corrected chi connectivity index (χ1v) is 13.1. The summed E-state index contributed by atoms with van der Waals surface area (Å²) < 4.78 is 44.0. The molecule has 2 aliphatic rings. The second kappa shape index (κ2) is 12.4. The third-order valence-corrected chi connectivity index (χ3v) is 6.20. The standard InChI is InChI=1S/C16H28N4O12P2/c17-5-2-1-3-10(7-21)8-30-34(27,28)32-14-11(9-29-33(24,25)26)31-15(13(14)22)20-6-4-12(18)19-16(20)23/h4,6,10-11,13-14,21-22H,1-3,5,7-9,17H2,(H4-,18,19,23,24,25,26,27,28)/p+1/t10?,11-,13?,14?/m1/s1. The van der Waals surface area contributed by atoms with Crippen LogP contribution in [-0.2, 0) is 27.4 Å². The van der Waals surface area contributed by atoms with Gasteiger partial charge in [-0.25, -0.2) is 9.13 Å². The van der Waals surface area contributed by atoms with E-state index in [9.17, 15) is 29.0 Å². The Hall–Kier alpha value is -1.55. The Morgan fingerprint density at radius 3 is 2.53 bits per heavy atom. The van der Waals surface area contributed by atoms with Crippen LogP contribution in [0.5, 0.6) is 0 Å². The molecular weight excluding hydrogens is 502 g/mol. The summed E-state index contributed by atoms with van der Waals surface area (Å²) in [6.07, 6.45) is -1.02. The number of aliphatic hydroxyl groups is 2. The molecule has 5 atom stereocenters. The number of amides is 2. The van der Waals surface area contributed by atoms with E-state index in [-0.39, 0.29) is 19.0 Å². The number of aliphatic imine (C=N–C) groups is 1. The third-order valence-electron chi connectivity index (χ3n) is 4.73. The minimum absolute atomic E-state index is 0.123. The van der Waals surface area contributed by atoms with Crippen molar-refractivity contribution in [1.82, 2.24) is 0 Å². The SMILES string of the molecule is NCCCCC(CO)COP(=O)(O)OC1C(O)C(=[N+]2C=CC(N)=NC2=O)O[C@@H]1COP(=O)(O)O. The zero-order valence-corrected chi connectivity index (χ0v) is 19.7. The van der Waals surface area contributed by atoms with Gasteiger partial charge in [0.2, 0.25) is 5.84 Å². The molecule has 9 N–H and O–H groups in total. The normalized spacial score (nSPS) is 27.9. The van der Waals surface area contributed by atoms with E-state index < -0.39 is 58.4 Å². The lowest BCUT2D eigenvalue weighted by molar-refractivity contribution is -0.363. The number of carbonyl (C=O) groups is 1. The summed E-state index contributed by atoms with van der Waals surface area (Å²) in [4.78, 5) is 43.7. The fourth-order valence-corrected chi connectivity index (χ4v) is 4.39. The molecule has 2 heterocycles. The molecule has 16 nitrogen and oxygen atoms in total. The molecule has 2 rings (SSSR count). The molecule has 0 aromatic heterocycles. The number of amidine groups is 1. The number of carbonyl (C=O) groups excluding carboxylic acids is 1. The number of ether oxygens (including phenoxy) is 1. The lowest BCUT2D eigenvalue weighted by Crippen LogP contribution is -2.38. The summed E-state index contributed by atoms with van der Waals surface area (Å²) in [7, 11) is -9.88. The number of hydrogen-bond donors (Lipinski definition) is 7. The number of aliphatic hydroxyl groups excluding tert-OH is 2. The quantitative estimate of drug-likeness (QED) is 0.0812. The number of phosphoric acid groups is 2. The summed E-state index contributed by atoms with van der Waals surface area (Å²) in [6.45, 7) is -1.13. The van der Waals surface area contributed by atoms with Gasteiger partial charge in [0.05, 0.1) is 13.2 Å². The molecular formula is C16H29N4O12P2+. The average molecular weight is 531 g/mol. The summed E-state index contributed by atoms with van der Waals surface area (Å²) in [5.41, 5.74) is 10.8. The third kappa shape index (κ3) is 8.59. The molecule has 2 aliphatic heterocycles. The fraction of sp³-hybridized carbons (Fsp3) is 0.688. The van der Waals surface area contributed by atoms with Crippen molar-refractivity contribution in [2.45, 2.75) is 37.6 Å². The first kappa shape index (κ1) is 28.7. The monoisotopic (exact) mass is 531 g/mol. The van der Waals surface area contributed by atoms with Crippen LogP contribution in [0.2, 0.25) is 0 Å².